The number of hydrogen-bond donors (Lipinski definition) is 1. The Kier molecular flexibility index (Phi) is 10.4. The Hall–Kier alpha value is -2.71. The van der Waals surface area contributed by atoms with Crippen LogP contribution < -0.4 is 10.2 Å². The van der Waals surface area contributed by atoms with Crippen LogP contribution in [0.1, 0.15) is 24.0 Å². The molecular formula is C30H38ClFN4O2. The van der Waals surface area contributed by atoms with Crippen LogP contribution in [0, 0.1) is 18.7 Å². The first-order valence-electron chi connectivity index (χ1n) is 13.2. The van der Waals surface area contributed by atoms with Crippen LogP contribution in [0.15, 0.2) is 65.3 Å². The first-order chi connectivity index (χ1) is 18.5. The van der Waals surface area contributed by atoms with Gasteiger partial charge in [0.1, 0.15) is 12.0 Å². The molecule has 2 aliphatic rings. The highest BCUT2D eigenvalue weighted by Gasteiger charge is 2.25. The van der Waals surface area contributed by atoms with Crippen LogP contribution in [0.4, 0.5) is 15.8 Å². The van der Waals surface area contributed by atoms with E-state index in [9.17, 15) is 4.39 Å². The molecule has 0 amide bonds. The Morgan fingerprint density at radius 1 is 1.18 bits per heavy atom. The van der Waals surface area contributed by atoms with Gasteiger partial charge in [-0.2, -0.15) is 0 Å². The van der Waals surface area contributed by atoms with Crippen molar-refractivity contribution in [1.29, 1.82) is 0 Å². The number of ether oxygens (including phenoxy) is 2. The molecule has 8 heteroatoms. The molecule has 1 fully saturated rings. The summed E-state index contributed by atoms with van der Waals surface area (Å²) in [5.74, 6) is 0.105. The number of nitrogens with one attached hydrogen (secondary N) is 1. The Morgan fingerprint density at radius 3 is 2.74 bits per heavy atom. The predicted octanol–water partition coefficient (Wildman–Crippen LogP) is 5.87. The van der Waals surface area contributed by atoms with Crippen LogP contribution in [0.2, 0.25) is 5.02 Å². The minimum atomic E-state index is -0.347. The molecule has 4 rings (SSSR count). The molecule has 0 spiro atoms. The third kappa shape index (κ3) is 7.67. The number of aliphatic imine (C=N–C) groups is 1. The first kappa shape index (κ1) is 28.3. The van der Waals surface area contributed by atoms with Gasteiger partial charge in [-0.1, -0.05) is 29.8 Å². The summed E-state index contributed by atoms with van der Waals surface area (Å²) < 4.78 is 25.4. The average molecular weight is 541 g/mol. The Labute approximate surface area is 230 Å². The summed E-state index contributed by atoms with van der Waals surface area (Å²) >= 11 is 5.85. The summed E-state index contributed by atoms with van der Waals surface area (Å²) in [6.45, 7) is 11.4. The summed E-state index contributed by atoms with van der Waals surface area (Å²) in [5, 5.41) is 3.88. The fraction of sp³-hybridized carbons (Fsp3) is 0.433. The lowest BCUT2D eigenvalue weighted by Gasteiger charge is -2.36. The maximum Gasteiger partial charge on any atom is 0.147 e. The molecule has 0 bridgehead atoms. The minimum Gasteiger partial charge on any atom is -0.383 e. The Balaban J connectivity index is 1.26. The largest absolute Gasteiger partial charge is 0.383 e. The van der Waals surface area contributed by atoms with Crippen molar-refractivity contribution in [3.8, 4) is 0 Å². The van der Waals surface area contributed by atoms with Crippen molar-refractivity contribution in [2.45, 2.75) is 32.6 Å². The normalized spacial score (nSPS) is 18.2. The summed E-state index contributed by atoms with van der Waals surface area (Å²) in [6.07, 6.45) is 8.00. The number of piperidine rings is 1. The summed E-state index contributed by atoms with van der Waals surface area (Å²) in [5.41, 5.74) is 4.88. The number of rotatable bonds is 12. The zero-order chi connectivity index (χ0) is 26.9. The van der Waals surface area contributed by atoms with Crippen molar-refractivity contribution in [3.05, 3.63) is 82.3 Å². The zero-order valence-electron chi connectivity index (χ0n) is 22.3. The van der Waals surface area contributed by atoms with Gasteiger partial charge in [-0.25, -0.2) is 4.39 Å². The van der Waals surface area contributed by atoms with E-state index in [1.807, 2.05) is 12.2 Å². The molecule has 1 saturated heterocycles. The second-order valence-electron chi connectivity index (χ2n) is 9.86. The predicted molar refractivity (Wildman–Crippen MR) is 154 cm³/mol. The molecule has 2 heterocycles. The van der Waals surface area contributed by atoms with E-state index in [0.29, 0.717) is 23.1 Å². The molecule has 0 saturated carbocycles. The average Bonchev–Trinajstić information content (AvgIpc) is 2.93. The molecule has 2 aromatic rings. The molecular weight excluding hydrogens is 503 g/mol. The van der Waals surface area contributed by atoms with Crippen LogP contribution in [0.5, 0.6) is 0 Å². The molecule has 1 unspecified atom stereocenters. The van der Waals surface area contributed by atoms with Gasteiger partial charge in [0.25, 0.3) is 0 Å². The third-order valence-corrected chi connectivity index (χ3v) is 7.46. The molecule has 1 N–H and O–H groups in total. The van der Waals surface area contributed by atoms with Crippen LogP contribution in [0.25, 0.3) is 0 Å². The van der Waals surface area contributed by atoms with E-state index in [0.717, 1.165) is 56.9 Å². The van der Waals surface area contributed by atoms with Crippen LogP contribution in [-0.4, -0.2) is 64.3 Å². The monoisotopic (exact) mass is 540 g/mol. The number of allylic oxidation sites excluding steroid dienone is 3. The lowest BCUT2D eigenvalue weighted by Crippen LogP contribution is -2.43. The van der Waals surface area contributed by atoms with Gasteiger partial charge in [-0.05, 0) is 81.6 Å². The van der Waals surface area contributed by atoms with Gasteiger partial charge in [0, 0.05) is 48.9 Å². The number of benzene rings is 2. The number of dihydropyridines is 1. The summed E-state index contributed by atoms with van der Waals surface area (Å²) in [4.78, 5) is 9.14. The highest BCUT2D eigenvalue weighted by Crippen LogP contribution is 2.30. The first-order valence-corrected chi connectivity index (χ1v) is 13.6. The molecule has 38 heavy (non-hydrogen) atoms. The van der Waals surface area contributed by atoms with Crippen molar-refractivity contribution >= 4 is 29.7 Å². The topological polar surface area (TPSA) is 49.3 Å². The number of likely N-dealkylation sites (tertiary alicyclic amines) is 1. The van der Waals surface area contributed by atoms with E-state index in [-0.39, 0.29) is 18.7 Å². The smallest absolute Gasteiger partial charge is 0.147 e. The second-order valence-corrected chi connectivity index (χ2v) is 10.3. The minimum absolute atomic E-state index is 0.181. The van der Waals surface area contributed by atoms with Gasteiger partial charge >= 0.3 is 0 Å². The van der Waals surface area contributed by atoms with Crippen LogP contribution in [0.3, 0.4) is 0 Å². The van der Waals surface area contributed by atoms with Gasteiger partial charge in [-0.3, -0.25) is 4.99 Å². The van der Waals surface area contributed by atoms with E-state index in [1.165, 1.54) is 17.3 Å². The SMILES string of the molecule is C=Nc1cc(C)ccc1N(CCOC)CCN1CCC(C2=CC=CC(OCc3ccc(Cl)cc3F)N2)CC1. The van der Waals surface area contributed by atoms with Gasteiger partial charge in [0.2, 0.25) is 0 Å². The molecule has 2 aliphatic heterocycles. The number of halogens is 2. The van der Waals surface area contributed by atoms with Crippen LogP contribution in [-0.2, 0) is 16.1 Å². The number of nitrogens with zero attached hydrogens (tertiary/aromatic N) is 3. The number of anilines is 1. The quantitative estimate of drug-likeness (QED) is 0.341. The van der Waals surface area contributed by atoms with Crippen molar-refractivity contribution in [1.82, 2.24) is 10.2 Å². The maximum absolute atomic E-state index is 14.1. The lowest BCUT2D eigenvalue weighted by molar-refractivity contribution is 0.0499. The van der Waals surface area contributed by atoms with E-state index in [2.05, 4.69) is 58.0 Å². The molecule has 2 aromatic carbocycles. The van der Waals surface area contributed by atoms with Gasteiger partial charge in [-0.15, -0.1) is 0 Å². The standard InChI is InChI=1S/C30H38ClFN4O2/c1-22-7-10-29(28(19-22)33-2)36(17-18-37-3)16-15-35-13-11-23(12-14-35)27-5-4-6-30(34-27)38-21-24-8-9-25(31)20-26(24)32/h4-10,19-20,23,30,34H,2,11-18,21H2,1,3H3. The fourth-order valence-corrected chi connectivity index (χ4v) is 5.16. The van der Waals surface area contributed by atoms with E-state index in [4.69, 9.17) is 21.1 Å². The zero-order valence-corrected chi connectivity index (χ0v) is 23.1. The number of aryl methyl sites for hydroxylation is 1. The van der Waals surface area contributed by atoms with E-state index >= 15 is 0 Å². The van der Waals surface area contributed by atoms with Gasteiger partial charge in [0.05, 0.1) is 24.6 Å². The molecule has 204 valence electrons. The highest BCUT2D eigenvalue weighted by molar-refractivity contribution is 6.30. The highest BCUT2D eigenvalue weighted by atomic mass is 35.5. The maximum atomic E-state index is 14.1. The Bertz CT molecular complexity index is 1150. The Morgan fingerprint density at radius 2 is 2.00 bits per heavy atom. The van der Waals surface area contributed by atoms with Crippen molar-refractivity contribution < 1.29 is 13.9 Å². The summed E-state index contributed by atoms with van der Waals surface area (Å²) in [6, 6.07) is 11.0. The molecule has 0 aliphatic carbocycles. The van der Waals surface area contributed by atoms with Gasteiger partial charge < -0.3 is 24.6 Å². The van der Waals surface area contributed by atoms with Crippen molar-refractivity contribution in [3.63, 3.8) is 0 Å². The fourth-order valence-electron chi connectivity index (χ4n) is 5.00. The van der Waals surface area contributed by atoms with E-state index in [1.54, 1.807) is 19.2 Å². The summed E-state index contributed by atoms with van der Waals surface area (Å²) in [7, 11) is 1.74. The van der Waals surface area contributed by atoms with E-state index < -0.39 is 0 Å². The molecule has 1 atom stereocenters. The lowest BCUT2D eigenvalue weighted by atomic mass is 9.92. The van der Waals surface area contributed by atoms with Gasteiger partial charge in [0.15, 0.2) is 0 Å². The molecule has 0 radical (unpaired) electrons. The number of methoxy groups -OCH3 is 1. The number of hydrogen-bond acceptors (Lipinski definition) is 6. The van der Waals surface area contributed by atoms with Crippen LogP contribution >= 0.6 is 11.6 Å². The van der Waals surface area contributed by atoms with Crippen molar-refractivity contribution in [2.24, 2.45) is 10.9 Å². The molecule has 6 nitrogen and oxygen atoms in total. The van der Waals surface area contributed by atoms with Crippen molar-refractivity contribution in [2.75, 3.05) is 51.3 Å². The molecule has 0 aromatic heterocycles. The second kappa shape index (κ2) is 13.9. The third-order valence-electron chi connectivity index (χ3n) is 7.22.